The van der Waals surface area contributed by atoms with Crippen molar-refractivity contribution in [3.63, 3.8) is 0 Å². The predicted octanol–water partition coefficient (Wildman–Crippen LogP) is 1.82. The summed E-state index contributed by atoms with van der Waals surface area (Å²) in [5, 5.41) is 6.15. The van der Waals surface area contributed by atoms with Crippen LogP contribution in [0.2, 0.25) is 0 Å². The van der Waals surface area contributed by atoms with Crippen molar-refractivity contribution in [2.45, 2.75) is 58.3 Å². The molecule has 2 aliphatic rings. The average Bonchev–Trinajstić information content (AvgIpc) is 2.77. The number of fused-ring (bicyclic) bond motifs is 1. The van der Waals surface area contributed by atoms with Gasteiger partial charge in [-0.05, 0) is 37.6 Å². The molecule has 1 aromatic carbocycles. The Morgan fingerprint density at radius 3 is 2.41 bits per heavy atom. The highest BCUT2D eigenvalue weighted by Gasteiger charge is 2.48. The van der Waals surface area contributed by atoms with Crippen LogP contribution in [-0.4, -0.2) is 84.0 Å². The van der Waals surface area contributed by atoms with E-state index in [4.69, 9.17) is 0 Å². The van der Waals surface area contributed by atoms with Crippen LogP contribution >= 0.6 is 0 Å². The molecule has 0 bridgehead atoms. The number of halogens is 1. The first-order valence-electron chi connectivity index (χ1n) is 11.3. The Labute approximate surface area is 190 Å². The van der Waals surface area contributed by atoms with Crippen LogP contribution in [0.25, 0.3) is 0 Å². The molecule has 3 rings (SSSR count). The predicted molar refractivity (Wildman–Crippen MR) is 121 cm³/mol. The number of carbonyl (C=O) groups is 3. The van der Waals surface area contributed by atoms with Crippen LogP contribution in [0.1, 0.15) is 45.1 Å². The molecule has 0 aliphatic carbocycles. The molecule has 1 N–H and O–H groups in total. The van der Waals surface area contributed by atoms with Gasteiger partial charge < -0.3 is 15.1 Å². The Bertz CT molecular complexity index is 761. The molecule has 2 heterocycles. The maximum absolute atomic E-state index is 12.7. The largest absolute Gasteiger partial charge is 0.337 e. The number of nitrogens with one attached hydrogen (secondary N) is 1. The van der Waals surface area contributed by atoms with E-state index in [0.717, 1.165) is 37.8 Å². The number of amides is 3. The van der Waals surface area contributed by atoms with Crippen molar-refractivity contribution in [3.05, 3.63) is 35.6 Å². The Balaban J connectivity index is 0.000000303. The number of nitrogens with zero attached hydrogens (tertiary/aromatic N) is 4. The fourth-order valence-electron chi connectivity index (χ4n) is 4.09. The van der Waals surface area contributed by atoms with Crippen LogP contribution in [0.4, 0.5) is 4.39 Å². The molecule has 32 heavy (non-hydrogen) atoms. The van der Waals surface area contributed by atoms with Crippen LogP contribution in [-0.2, 0) is 20.9 Å². The van der Waals surface area contributed by atoms with Crippen molar-refractivity contribution in [3.8, 4) is 0 Å². The van der Waals surface area contributed by atoms with Crippen LogP contribution < -0.4 is 5.32 Å². The summed E-state index contributed by atoms with van der Waals surface area (Å²) in [5.41, 5.74) is 1.10. The molecule has 2 atom stereocenters. The van der Waals surface area contributed by atoms with Gasteiger partial charge in [-0.3, -0.25) is 19.4 Å². The molecule has 2 saturated heterocycles. The zero-order valence-electron chi connectivity index (χ0n) is 19.6. The van der Waals surface area contributed by atoms with Gasteiger partial charge in [-0.15, -0.1) is 0 Å². The lowest BCUT2D eigenvalue weighted by molar-refractivity contribution is -0.196. The number of carbonyl (C=O) groups excluding carboxylic acids is 3. The maximum Gasteiger partial charge on any atom is 0.245 e. The second kappa shape index (κ2) is 12.5. The van der Waals surface area contributed by atoms with Crippen LogP contribution in [0.3, 0.4) is 0 Å². The van der Waals surface area contributed by atoms with E-state index in [2.05, 4.69) is 12.2 Å². The zero-order chi connectivity index (χ0) is 23.7. The molecule has 9 heteroatoms. The van der Waals surface area contributed by atoms with Gasteiger partial charge in [0.25, 0.3) is 0 Å². The first kappa shape index (κ1) is 25.7. The van der Waals surface area contributed by atoms with E-state index in [9.17, 15) is 18.8 Å². The van der Waals surface area contributed by atoms with E-state index in [1.165, 1.54) is 17.1 Å². The molecule has 1 aromatic rings. The number of likely N-dealkylation sites (N-methyl/N-ethyl adjacent to an activating group) is 1. The minimum atomic E-state index is -0.441. The third-order valence-electron chi connectivity index (χ3n) is 5.73. The van der Waals surface area contributed by atoms with E-state index in [1.54, 1.807) is 29.1 Å². The molecule has 8 nitrogen and oxygen atoms in total. The molecular formula is C23H36FN5O3. The molecule has 1 unspecified atom stereocenters. The Morgan fingerprint density at radius 1 is 1.16 bits per heavy atom. The van der Waals surface area contributed by atoms with E-state index in [-0.39, 0.29) is 30.3 Å². The molecule has 178 valence electrons. The summed E-state index contributed by atoms with van der Waals surface area (Å²) < 4.78 is 12.3. The molecule has 0 saturated carbocycles. The standard InChI is InChI=1S/C15H26N4O3.C8H10FN/c1-4-6-8-17-9-13-18(11-20)16(3)10-14(21)19(13)12(7-5-2)15(17)22;1-10-6-7-2-4-8(9)5-3-7/h11-13H,4-10H2,1-3H3;2-5,10H,6H2,1H3/t12-,13?;/m0./s1. The quantitative estimate of drug-likeness (QED) is 0.613. The molecule has 3 amide bonds. The number of unbranched alkanes of at least 4 members (excludes halogenated alkanes) is 1. The molecule has 0 aromatic heterocycles. The van der Waals surface area contributed by atoms with Gasteiger partial charge in [0.15, 0.2) is 0 Å². The van der Waals surface area contributed by atoms with Gasteiger partial charge >= 0.3 is 0 Å². The Morgan fingerprint density at radius 2 is 1.84 bits per heavy atom. The van der Waals surface area contributed by atoms with Crippen molar-refractivity contribution in [1.82, 2.24) is 25.1 Å². The summed E-state index contributed by atoms with van der Waals surface area (Å²) in [5.74, 6) is -0.234. The third-order valence-corrected chi connectivity index (χ3v) is 5.73. The highest BCUT2D eigenvalue weighted by atomic mass is 19.1. The Hall–Kier alpha value is -2.52. The smallest absolute Gasteiger partial charge is 0.245 e. The van der Waals surface area contributed by atoms with E-state index >= 15 is 0 Å². The van der Waals surface area contributed by atoms with Crippen LogP contribution in [0.15, 0.2) is 24.3 Å². The number of hydrogen-bond donors (Lipinski definition) is 1. The molecule has 0 spiro atoms. The van der Waals surface area contributed by atoms with Crippen molar-refractivity contribution < 1.29 is 18.8 Å². The van der Waals surface area contributed by atoms with Crippen molar-refractivity contribution in [2.75, 3.05) is 33.7 Å². The zero-order valence-corrected chi connectivity index (χ0v) is 19.6. The second-order valence-corrected chi connectivity index (χ2v) is 8.18. The molecule has 2 aliphatic heterocycles. The lowest BCUT2D eigenvalue weighted by atomic mass is 10.0. The van der Waals surface area contributed by atoms with Gasteiger partial charge in [-0.1, -0.05) is 38.8 Å². The van der Waals surface area contributed by atoms with Gasteiger partial charge in [-0.25, -0.2) is 9.40 Å². The van der Waals surface area contributed by atoms with Crippen LogP contribution in [0.5, 0.6) is 0 Å². The van der Waals surface area contributed by atoms with Gasteiger partial charge in [0.05, 0.1) is 13.1 Å². The van der Waals surface area contributed by atoms with E-state index in [0.29, 0.717) is 19.5 Å². The fourth-order valence-corrected chi connectivity index (χ4v) is 4.09. The molecular weight excluding hydrogens is 413 g/mol. The van der Waals surface area contributed by atoms with Crippen molar-refractivity contribution in [1.29, 1.82) is 0 Å². The Kier molecular flexibility index (Phi) is 10.1. The summed E-state index contributed by atoms with van der Waals surface area (Å²) in [6.07, 6.45) is 3.77. The number of hydrazine groups is 1. The fraction of sp³-hybridized carbons (Fsp3) is 0.609. The minimum Gasteiger partial charge on any atom is -0.337 e. The first-order chi connectivity index (χ1) is 15.4. The molecule has 2 fully saturated rings. The van der Waals surface area contributed by atoms with Crippen molar-refractivity contribution in [2.24, 2.45) is 0 Å². The van der Waals surface area contributed by atoms with Gasteiger partial charge in [0, 0.05) is 20.1 Å². The summed E-state index contributed by atoms with van der Waals surface area (Å²) >= 11 is 0. The summed E-state index contributed by atoms with van der Waals surface area (Å²) in [6.45, 7) is 6.10. The highest BCUT2D eigenvalue weighted by Crippen LogP contribution is 2.26. The topological polar surface area (TPSA) is 76.2 Å². The summed E-state index contributed by atoms with van der Waals surface area (Å²) in [6, 6.07) is 6.03. The van der Waals surface area contributed by atoms with E-state index in [1.807, 2.05) is 18.9 Å². The number of rotatable bonds is 8. The van der Waals surface area contributed by atoms with Crippen molar-refractivity contribution >= 4 is 18.2 Å². The monoisotopic (exact) mass is 449 g/mol. The van der Waals surface area contributed by atoms with E-state index < -0.39 is 6.04 Å². The third kappa shape index (κ3) is 6.26. The average molecular weight is 450 g/mol. The van der Waals surface area contributed by atoms with Gasteiger partial charge in [0.1, 0.15) is 18.0 Å². The lowest BCUT2D eigenvalue weighted by Gasteiger charge is -2.53. The lowest BCUT2D eigenvalue weighted by Crippen LogP contribution is -2.74. The van der Waals surface area contributed by atoms with Crippen LogP contribution in [0, 0.1) is 5.82 Å². The number of piperazine rings is 1. The maximum atomic E-state index is 12.7. The minimum absolute atomic E-state index is 0.0234. The summed E-state index contributed by atoms with van der Waals surface area (Å²) in [4.78, 5) is 40.0. The summed E-state index contributed by atoms with van der Waals surface area (Å²) in [7, 11) is 3.59. The van der Waals surface area contributed by atoms with Gasteiger partial charge in [-0.2, -0.15) is 0 Å². The SMILES string of the molecule is CCCCN1CC2N(C(=O)CN(C)N2C=O)[C@@H](CCC)C1=O.CNCc1ccc(F)cc1. The second-order valence-electron chi connectivity index (χ2n) is 8.18. The van der Waals surface area contributed by atoms with Gasteiger partial charge in [0.2, 0.25) is 18.2 Å². The first-order valence-corrected chi connectivity index (χ1v) is 11.3. The number of benzene rings is 1. The normalized spacial score (nSPS) is 21.2. The number of hydrogen-bond acceptors (Lipinski definition) is 5. The highest BCUT2D eigenvalue weighted by molar-refractivity contribution is 5.90. The molecule has 0 radical (unpaired) electrons.